The summed E-state index contributed by atoms with van der Waals surface area (Å²) in [7, 11) is -0.0483. The minimum atomic E-state index is -0.196. The topological polar surface area (TPSA) is 18.5 Å². The third kappa shape index (κ3) is 2.83. The van der Waals surface area contributed by atoms with Crippen molar-refractivity contribution in [1.82, 2.24) is 0 Å². The van der Waals surface area contributed by atoms with Crippen LogP contribution in [0.3, 0.4) is 0 Å². The van der Waals surface area contributed by atoms with E-state index in [1.807, 2.05) is 0 Å². The second-order valence-electron chi connectivity index (χ2n) is 6.85. The third-order valence-corrected chi connectivity index (χ3v) is 4.81. The molecule has 1 aliphatic carbocycles. The first-order valence-corrected chi connectivity index (χ1v) is 7.36. The van der Waals surface area contributed by atoms with Crippen LogP contribution in [0, 0.1) is 5.92 Å². The van der Waals surface area contributed by atoms with Crippen molar-refractivity contribution >= 4 is 7.12 Å². The maximum absolute atomic E-state index is 6.08. The quantitative estimate of drug-likeness (QED) is 0.551. The molecule has 3 heteroatoms. The largest absolute Gasteiger partial charge is 0.458 e. The molecule has 102 valence electrons. The third-order valence-electron chi connectivity index (χ3n) is 4.81. The van der Waals surface area contributed by atoms with Crippen LogP contribution in [0.1, 0.15) is 60.3 Å². The highest BCUT2D eigenvalue weighted by Crippen LogP contribution is 2.39. The fourth-order valence-electron chi connectivity index (χ4n) is 2.81. The van der Waals surface area contributed by atoms with Gasteiger partial charge in [-0.1, -0.05) is 18.6 Å². The van der Waals surface area contributed by atoms with Gasteiger partial charge in [-0.2, -0.15) is 0 Å². The van der Waals surface area contributed by atoms with E-state index in [4.69, 9.17) is 9.31 Å². The zero-order chi connectivity index (χ0) is 13.4. The lowest BCUT2D eigenvalue weighted by Crippen LogP contribution is -2.41. The van der Waals surface area contributed by atoms with Crippen LogP contribution < -0.4 is 0 Å². The fourth-order valence-corrected chi connectivity index (χ4v) is 2.81. The molecular formula is C15H27BO2. The first kappa shape index (κ1) is 14.1. The molecule has 0 aromatic rings. The van der Waals surface area contributed by atoms with Crippen LogP contribution in [0.5, 0.6) is 0 Å². The van der Waals surface area contributed by atoms with E-state index < -0.39 is 0 Å². The predicted molar refractivity (Wildman–Crippen MR) is 76.6 cm³/mol. The lowest BCUT2D eigenvalue weighted by atomic mass is 9.73. The van der Waals surface area contributed by atoms with Crippen molar-refractivity contribution in [2.24, 2.45) is 5.92 Å². The van der Waals surface area contributed by atoms with E-state index in [0.29, 0.717) is 5.92 Å². The lowest BCUT2D eigenvalue weighted by molar-refractivity contribution is 0.00578. The number of hydrogen-bond acceptors (Lipinski definition) is 2. The van der Waals surface area contributed by atoms with E-state index in [0.717, 1.165) is 6.32 Å². The Labute approximate surface area is 112 Å². The Morgan fingerprint density at radius 2 is 1.78 bits per heavy atom. The number of hydrogen-bond donors (Lipinski definition) is 0. The average molecular weight is 250 g/mol. The standard InChI is InChI=1S/C15H27BO2/c1-12(13-9-7-6-8-10-13)11-16-17-14(2,3)15(4,5)18-16/h9,12H,6-8,10-11H2,1-5H3/t12-/m1/s1. The van der Waals surface area contributed by atoms with Gasteiger partial charge < -0.3 is 9.31 Å². The molecule has 2 nitrogen and oxygen atoms in total. The summed E-state index contributed by atoms with van der Waals surface area (Å²) in [5.41, 5.74) is 1.22. The van der Waals surface area contributed by atoms with E-state index in [9.17, 15) is 0 Å². The Kier molecular flexibility index (Phi) is 3.94. The van der Waals surface area contributed by atoms with Gasteiger partial charge >= 0.3 is 7.12 Å². The normalized spacial score (nSPS) is 28.1. The van der Waals surface area contributed by atoms with Gasteiger partial charge in [0.25, 0.3) is 0 Å². The van der Waals surface area contributed by atoms with Gasteiger partial charge in [0.05, 0.1) is 11.2 Å². The van der Waals surface area contributed by atoms with Crippen LogP contribution in [0.25, 0.3) is 0 Å². The molecule has 1 atom stereocenters. The van der Waals surface area contributed by atoms with Gasteiger partial charge in [0.15, 0.2) is 0 Å². The van der Waals surface area contributed by atoms with Crippen LogP contribution in [0.15, 0.2) is 11.6 Å². The summed E-state index contributed by atoms with van der Waals surface area (Å²) in [5, 5.41) is 0. The summed E-state index contributed by atoms with van der Waals surface area (Å²) in [6.45, 7) is 10.8. The van der Waals surface area contributed by atoms with Gasteiger partial charge in [-0.15, -0.1) is 0 Å². The second-order valence-corrected chi connectivity index (χ2v) is 6.85. The molecule has 1 heterocycles. The maximum Gasteiger partial charge on any atom is 0.458 e. The van der Waals surface area contributed by atoms with E-state index >= 15 is 0 Å². The summed E-state index contributed by atoms with van der Waals surface area (Å²) < 4.78 is 12.2. The Bertz CT molecular complexity index is 317. The summed E-state index contributed by atoms with van der Waals surface area (Å²) in [6, 6.07) is 0. The molecule has 18 heavy (non-hydrogen) atoms. The highest BCUT2D eigenvalue weighted by Gasteiger charge is 2.51. The molecule has 2 aliphatic rings. The van der Waals surface area contributed by atoms with Gasteiger partial charge in [0.2, 0.25) is 0 Å². The van der Waals surface area contributed by atoms with Crippen LogP contribution in [0.4, 0.5) is 0 Å². The zero-order valence-electron chi connectivity index (χ0n) is 12.6. The molecule has 0 spiro atoms. The second kappa shape index (κ2) is 5.01. The zero-order valence-corrected chi connectivity index (χ0v) is 12.6. The Morgan fingerprint density at radius 1 is 1.17 bits per heavy atom. The summed E-state index contributed by atoms with van der Waals surface area (Å²) in [6.07, 6.45) is 8.63. The Balaban J connectivity index is 1.93. The van der Waals surface area contributed by atoms with Gasteiger partial charge in [-0.05, 0) is 65.6 Å². The molecule has 2 rings (SSSR count). The van der Waals surface area contributed by atoms with Gasteiger partial charge in [-0.25, -0.2) is 0 Å². The molecule has 1 fully saturated rings. The summed E-state index contributed by atoms with van der Waals surface area (Å²) >= 11 is 0. The highest BCUT2D eigenvalue weighted by atomic mass is 16.7. The van der Waals surface area contributed by atoms with Crippen molar-refractivity contribution in [3.05, 3.63) is 11.6 Å². The lowest BCUT2D eigenvalue weighted by Gasteiger charge is -2.32. The Hall–Kier alpha value is -0.275. The molecule has 0 bridgehead atoms. The molecule has 0 saturated carbocycles. The minimum absolute atomic E-state index is 0.0483. The van der Waals surface area contributed by atoms with Crippen molar-refractivity contribution in [3.63, 3.8) is 0 Å². The predicted octanol–water partition coefficient (Wildman–Crippen LogP) is 4.22. The smallest absolute Gasteiger partial charge is 0.403 e. The molecule has 0 amide bonds. The van der Waals surface area contributed by atoms with E-state index in [1.165, 1.54) is 25.7 Å². The summed E-state index contributed by atoms with van der Waals surface area (Å²) in [4.78, 5) is 0. The molecule has 0 N–H and O–H groups in total. The van der Waals surface area contributed by atoms with Gasteiger partial charge in [0.1, 0.15) is 0 Å². The van der Waals surface area contributed by atoms with Crippen LogP contribution in [-0.2, 0) is 9.31 Å². The van der Waals surface area contributed by atoms with E-state index in [2.05, 4.69) is 40.7 Å². The van der Waals surface area contributed by atoms with Crippen molar-refractivity contribution in [2.75, 3.05) is 0 Å². The van der Waals surface area contributed by atoms with Gasteiger partial charge in [-0.3, -0.25) is 0 Å². The molecule has 0 aromatic heterocycles. The fraction of sp³-hybridized carbons (Fsp3) is 0.867. The maximum atomic E-state index is 6.08. The number of allylic oxidation sites excluding steroid dienone is 2. The first-order chi connectivity index (χ1) is 8.32. The monoisotopic (exact) mass is 250 g/mol. The molecule has 0 aromatic carbocycles. The average Bonchev–Trinajstić information content (AvgIpc) is 2.48. The molecule has 0 radical (unpaired) electrons. The SMILES string of the molecule is C[C@H](CB1OC(C)(C)C(C)(C)O1)C1=CCCCC1. The van der Waals surface area contributed by atoms with Crippen molar-refractivity contribution in [3.8, 4) is 0 Å². The molecule has 1 saturated heterocycles. The van der Waals surface area contributed by atoms with E-state index in [-0.39, 0.29) is 18.3 Å². The Morgan fingerprint density at radius 3 is 2.28 bits per heavy atom. The molecular weight excluding hydrogens is 223 g/mol. The number of rotatable bonds is 3. The van der Waals surface area contributed by atoms with Crippen molar-refractivity contribution in [2.45, 2.75) is 77.8 Å². The van der Waals surface area contributed by atoms with Gasteiger partial charge in [0, 0.05) is 0 Å². The highest BCUT2D eigenvalue weighted by molar-refractivity contribution is 6.45. The van der Waals surface area contributed by atoms with Crippen LogP contribution >= 0.6 is 0 Å². The minimum Gasteiger partial charge on any atom is -0.403 e. The molecule has 1 aliphatic heterocycles. The van der Waals surface area contributed by atoms with Crippen LogP contribution in [0.2, 0.25) is 6.32 Å². The van der Waals surface area contributed by atoms with Crippen molar-refractivity contribution in [1.29, 1.82) is 0 Å². The summed E-state index contributed by atoms with van der Waals surface area (Å²) in [5.74, 6) is 0.583. The van der Waals surface area contributed by atoms with E-state index in [1.54, 1.807) is 5.57 Å². The van der Waals surface area contributed by atoms with Crippen LogP contribution in [-0.4, -0.2) is 18.3 Å². The van der Waals surface area contributed by atoms with Crippen molar-refractivity contribution < 1.29 is 9.31 Å². The molecule has 0 unspecified atom stereocenters. The first-order valence-electron chi connectivity index (χ1n) is 7.36.